The number of halogens is 1. The summed E-state index contributed by atoms with van der Waals surface area (Å²) >= 11 is 5.86. The molecule has 0 aliphatic heterocycles. The molecule has 2 rings (SSSR count). The average molecular weight is 333 g/mol. The second-order valence-corrected chi connectivity index (χ2v) is 5.75. The lowest BCUT2D eigenvalue weighted by Gasteiger charge is -2.18. The van der Waals surface area contributed by atoms with Gasteiger partial charge in [0.15, 0.2) is 0 Å². The zero-order chi connectivity index (χ0) is 16.7. The molecule has 0 aliphatic rings. The molecular weight excluding hydrogens is 312 g/mol. The Morgan fingerprint density at radius 2 is 1.70 bits per heavy atom. The molecular formula is C18H21ClN2O2. The van der Waals surface area contributed by atoms with Gasteiger partial charge in [-0.3, -0.25) is 0 Å². The largest absolute Gasteiger partial charge is 0.497 e. The molecule has 122 valence electrons. The second kappa shape index (κ2) is 8.44. The van der Waals surface area contributed by atoms with Crippen LogP contribution in [0.1, 0.15) is 11.1 Å². The van der Waals surface area contributed by atoms with Crippen LogP contribution in [0.15, 0.2) is 48.5 Å². The summed E-state index contributed by atoms with van der Waals surface area (Å²) in [6, 6.07) is 15.2. The number of amides is 2. The van der Waals surface area contributed by atoms with Crippen LogP contribution in [0.3, 0.4) is 0 Å². The predicted octanol–water partition coefficient (Wildman–Crippen LogP) is 3.73. The van der Waals surface area contributed by atoms with Gasteiger partial charge in [0.2, 0.25) is 0 Å². The Balaban J connectivity index is 1.75. The SMILES string of the molecule is COc1ccc(CCNC(=O)N(C)Cc2ccc(Cl)cc2)cc1. The Morgan fingerprint density at radius 1 is 1.09 bits per heavy atom. The maximum Gasteiger partial charge on any atom is 0.317 e. The maximum absolute atomic E-state index is 12.1. The van der Waals surface area contributed by atoms with Gasteiger partial charge in [0.05, 0.1) is 7.11 Å². The highest BCUT2D eigenvalue weighted by Crippen LogP contribution is 2.12. The minimum Gasteiger partial charge on any atom is -0.497 e. The third-order valence-corrected chi connectivity index (χ3v) is 3.78. The molecule has 0 aromatic heterocycles. The van der Waals surface area contributed by atoms with Crippen LogP contribution in [0.25, 0.3) is 0 Å². The highest BCUT2D eigenvalue weighted by molar-refractivity contribution is 6.30. The Bertz CT molecular complexity index is 626. The number of urea groups is 1. The highest BCUT2D eigenvalue weighted by Gasteiger charge is 2.08. The molecule has 2 amide bonds. The van der Waals surface area contributed by atoms with Gasteiger partial charge >= 0.3 is 6.03 Å². The van der Waals surface area contributed by atoms with Crippen LogP contribution in [0, 0.1) is 0 Å². The lowest BCUT2D eigenvalue weighted by atomic mass is 10.1. The Morgan fingerprint density at radius 3 is 2.30 bits per heavy atom. The quantitative estimate of drug-likeness (QED) is 0.875. The summed E-state index contributed by atoms with van der Waals surface area (Å²) < 4.78 is 5.12. The molecule has 0 fully saturated rings. The number of nitrogens with one attached hydrogen (secondary N) is 1. The first-order chi connectivity index (χ1) is 11.1. The lowest BCUT2D eigenvalue weighted by molar-refractivity contribution is 0.207. The fourth-order valence-electron chi connectivity index (χ4n) is 2.18. The van der Waals surface area contributed by atoms with Crippen LogP contribution in [-0.4, -0.2) is 31.6 Å². The van der Waals surface area contributed by atoms with Crippen LogP contribution in [0.4, 0.5) is 4.79 Å². The van der Waals surface area contributed by atoms with Gasteiger partial charge in [-0.15, -0.1) is 0 Å². The molecule has 0 aliphatic carbocycles. The molecule has 0 saturated carbocycles. The summed E-state index contributed by atoms with van der Waals surface area (Å²) in [5.74, 6) is 0.834. The normalized spacial score (nSPS) is 10.2. The first-order valence-electron chi connectivity index (χ1n) is 7.45. The van der Waals surface area contributed by atoms with Crippen molar-refractivity contribution < 1.29 is 9.53 Å². The lowest BCUT2D eigenvalue weighted by Crippen LogP contribution is -2.37. The summed E-state index contributed by atoms with van der Waals surface area (Å²) in [6.07, 6.45) is 0.782. The van der Waals surface area contributed by atoms with E-state index >= 15 is 0 Å². The summed E-state index contributed by atoms with van der Waals surface area (Å²) in [5, 5.41) is 3.62. The van der Waals surface area contributed by atoms with E-state index in [4.69, 9.17) is 16.3 Å². The number of hydrogen-bond donors (Lipinski definition) is 1. The molecule has 5 heteroatoms. The number of carbonyl (C=O) groups is 1. The minimum absolute atomic E-state index is 0.0894. The Labute approximate surface area is 142 Å². The van der Waals surface area contributed by atoms with E-state index in [1.165, 1.54) is 0 Å². The second-order valence-electron chi connectivity index (χ2n) is 5.31. The number of nitrogens with zero attached hydrogens (tertiary/aromatic N) is 1. The third-order valence-electron chi connectivity index (χ3n) is 3.53. The van der Waals surface area contributed by atoms with Crippen molar-refractivity contribution in [1.82, 2.24) is 10.2 Å². The van der Waals surface area contributed by atoms with Crippen LogP contribution < -0.4 is 10.1 Å². The van der Waals surface area contributed by atoms with Gasteiger partial charge in [0, 0.05) is 25.2 Å². The summed E-state index contributed by atoms with van der Waals surface area (Å²) in [5.41, 5.74) is 2.20. The van der Waals surface area contributed by atoms with Gasteiger partial charge in [-0.2, -0.15) is 0 Å². The van der Waals surface area contributed by atoms with Gasteiger partial charge < -0.3 is 15.0 Å². The highest BCUT2D eigenvalue weighted by atomic mass is 35.5. The van der Waals surface area contributed by atoms with Crippen molar-refractivity contribution in [1.29, 1.82) is 0 Å². The topological polar surface area (TPSA) is 41.6 Å². The monoisotopic (exact) mass is 332 g/mol. The molecule has 2 aromatic carbocycles. The molecule has 0 bridgehead atoms. The maximum atomic E-state index is 12.1. The zero-order valence-electron chi connectivity index (χ0n) is 13.4. The van der Waals surface area contributed by atoms with Crippen LogP contribution in [0.5, 0.6) is 5.75 Å². The standard InChI is InChI=1S/C18H21ClN2O2/c1-21(13-15-3-7-16(19)8-4-15)18(22)20-12-11-14-5-9-17(23-2)10-6-14/h3-10H,11-13H2,1-2H3,(H,20,22). The van der Waals surface area contributed by atoms with E-state index in [2.05, 4.69) is 5.32 Å². The molecule has 0 spiro atoms. The zero-order valence-corrected chi connectivity index (χ0v) is 14.1. The van der Waals surface area contributed by atoms with Gasteiger partial charge in [-0.25, -0.2) is 4.79 Å². The van der Waals surface area contributed by atoms with E-state index in [1.807, 2.05) is 48.5 Å². The summed E-state index contributed by atoms with van der Waals surface area (Å²) in [7, 11) is 3.42. The van der Waals surface area contributed by atoms with Crippen molar-refractivity contribution in [3.8, 4) is 5.75 Å². The van der Waals surface area contributed by atoms with Crippen molar-refractivity contribution in [2.45, 2.75) is 13.0 Å². The van der Waals surface area contributed by atoms with Crippen LogP contribution in [0.2, 0.25) is 5.02 Å². The smallest absolute Gasteiger partial charge is 0.317 e. The minimum atomic E-state index is -0.0894. The van der Waals surface area contributed by atoms with E-state index in [0.717, 1.165) is 23.3 Å². The van der Waals surface area contributed by atoms with Crippen molar-refractivity contribution >= 4 is 17.6 Å². The van der Waals surface area contributed by atoms with Crippen molar-refractivity contribution in [3.63, 3.8) is 0 Å². The van der Waals surface area contributed by atoms with Gasteiger partial charge in [0.1, 0.15) is 5.75 Å². The van der Waals surface area contributed by atoms with Crippen LogP contribution in [-0.2, 0) is 13.0 Å². The number of methoxy groups -OCH3 is 1. The number of hydrogen-bond acceptors (Lipinski definition) is 2. The molecule has 0 atom stereocenters. The number of carbonyl (C=O) groups excluding carboxylic acids is 1. The number of rotatable bonds is 6. The average Bonchev–Trinajstić information content (AvgIpc) is 2.57. The molecule has 2 aromatic rings. The molecule has 1 N–H and O–H groups in total. The van der Waals surface area contributed by atoms with Gasteiger partial charge in [0.25, 0.3) is 0 Å². The molecule has 0 radical (unpaired) electrons. The van der Waals surface area contributed by atoms with Crippen molar-refractivity contribution in [2.75, 3.05) is 20.7 Å². The van der Waals surface area contributed by atoms with Crippen molar-refractivity contribution in [3.05, 3.63) is 64.7 Å². The van der Waals surface area contributed by atoms with E-state index in [9.17, 15) is 4.79 Å². The van der Waals surface area contributed by atoms with E-state index in [0.29, 0.717) is 18.1 Å². The summed E-state index contributed by atoms with van der Waals surface area (Å²) in [6.45, 7) is 1.14. The van der Waals surface area contributed by atoms with E-state index in [1.54, 1.807) is 19.1 Å². The Kier molecular flexibility index (Phi) is 6.29. The first kappa shape index (κ1) is 17.2. The third kappa shape index (κ3) is 5.49. The van der Waals surface area contributed by atoms with E-state index in [-0.39, 0.29) is 6.03 Å². The summed E-state index contributed by atoms with van der Waals surface area (Å²) in [4.78, 5) is 13.7. The number of ether oxygens (including phenoxy) is 1. The van der Waals surface area contributed by atoms with Gasteiger partial charge in [-0.05, 0) is 41.8 Å². The fraction of sp³-hybridized carbons (Fsp3) is 0.278. The number of benzene rings is 2. The van der Waals surface area contributed by atoms with E-state index < -0.39 is 0 Å². The predicted molar refractivity (Wildman–Crippen MR) is 93.0 cm³/mol. The molecule has 4 nitrogen and oxygen atoms in total. The molecule has 23 heavy (non-hydrogen) atoms. The van der Waals surface area contributed by atoms with Gasteiger partial charge in [-0.1, -0.05) is 35.9 Å². The molecule has 0 saturated heterocycles. The first-order valence-corrected chi connectivity index (χ1v) is 7.82. The van der Waals surface area contributed by atoms with Crippen molar-refractivity contribution in [2.24, 2.45) is 0 Å². The fourth-order valence-corrected chi connectivity index (χ4v) is 2.30. The molecule has 0 unspecified atom stereocenters. The van der Waals surface area contributed by atoms with Crippen LogP contribution >= 0.6 is 11.6 Å². The molecule has 0 heterocycles. The Hall–Kier alpha value is -2.20.